The SMILES string of the molecule is CCOC(=O)[C@@](NCc1ccc(F)cc1)(NC(=O)c1cccc(Cl)c1)C(F)(F)F. The summed E-state index contributed by atoms with van der Waals surface area (Å²) in [5, 5.41) is 3.85. The lowest BCUT2D eigenvalue weighted by Crippen LogP contribution is -2.72. The number of benzene rings is 2. The standard InChI is InChI=1S/C19H17ClF4N2O3/c1-2-29-17(28)18(19(22,23)24,25-11-12-6-8-15(21)9-7-12)26-16(27)13-4-3-5-14(20)10-13/h3-10,25H,2,11H2,1H3,(H,26,27)/t18-/m1/s1. The first-order chi connectivity index (χ1) is 13.6. The minimum absolute atomic E-state index is 0.130. The number of hydrogen-bond donors (Lipinski definition) is 2. The molecule has 0 unspecified atom stereocenters. The summed E-state index contributed by atoms with van der Waals surface area (Å²) in [4.78, 5) is 24.8. The van der Waals surface area contributed by atoms with Crippen LogP contribution in [-0.4, -0.2) is 30.3 Å². The minimum atomic E-state index is -5.26. The highest BCUT2D eigenvalue weighted by molar-refractivity contribution is 6.31. The second-order valence-electron chi connectivity index (χ2n) is 5.91. The van der Waals surface area contributed by atoms with Crippen molar-refractivity contribution in [3.8, 4) is 0 Å². The van der Waals surface area contributed by atoms with E-state index in [4.69, 9.17) is 11.6 Å². The van der Waals surface area contributed by atoms with E-state index in [1.165, 1.54) is 37.3 Å². The average molecular weight is 433 g/mol. The van der Waals surface area contributed by atoms with Gasteiger partial charge in [-0.1, -0.05) is 29.8 Å². The van der Waals surface area contributed by atoms with Crippen molar-refractivity contribution in [2.24, 2.45) is 0 Å². The van der Waals surface area contributed by atoms with Crippen LogP contribution < -0.4 is 10.6 Å². The molecular formula is C19H17ClF4N2O3. The van der Waals surface area contributed by atoms with E-state index in [1.54, 1.807) is 5.32 Å². The summed E-state index contributed by atoms with van der Waals surface area (Å²) in [5.74, 6) is -3.50. The van der Waals surface area contributed by atoms with E-state index in [0.29, 0.717) is 0 Å². The molecular weight excluding hydrogens is 416 g/mol. The lowest BCUT2D eigenvalue weighted by atomic mass is 10.1. The quantitative estimate of drug-likeness (QED) is 0.396. The molecule has 1 atom stereocenters. The second-order valence-corrected chi connectivity index (χ2v) is 6.35. The zero-order chi connectivity index (χ0) is 21.7. The van der Waals surface area contributed by atoms with E-state index in [-0.39, 0.29) is 22.8 Å². The molecule has 0 aliphatic carbocycles. The first-order valence-electron chi connectivity index (χ1n) is 8.40. The topological polar surface area (TPSA) is 67.4 Å². The molecule has 0 saturated heterocycles. The monoisotopic (exact) mass is 432 g/mol. The Morgan fingerprint density at radius 3 is 2.31 bits per heavy atom. The molecule has 0 aromatic heterocycles. The molecule has 2 N–H and O–H groups in total. The van der Waals surface area contributed by atoms with E-state index in [0.717, 1.165) is 18.2 Å². The molecule has 1 amide bonds. The zero-order valence-corrected chi connectivity index (χ0v) is 15.9. The third kappa shape index (κ3) is 5.45. The Balaban J connectivity index is 2.40. The van der Waals surface area contributed by atoms with Gasteiger partial charge in [0.15, 0.2) is 0 Å². The van der Waals surface area contributed by atoms with Crippen molar-refractivity contribution in [3.63, 3.8) is 0 Å². The molecule has 29 heavy (non-hydrogen) atoms. The van der Waals surface area contributed by atoms with Crippen molar-refractivity contribution >= 4 is 23.5 Å². The van der Waals surface area contributed by atoms with Gasteiger partial charge in [-0.15, -0.1) is 0 Å². The molecule has 0 spiro atoms. The number of ether oxygens (including phenoxy) is 1. The molecule has 0 radical (unpaired) electrons. The molecule has 0 aliphatic rings. The highest BCUT2D eigenvalue weighted by Gasteiger charge is 2.63. The van der Waals surface area contributed by atoms with Crippen LogP contribution in [0, 0.1) is 5.82 Å². The molecule has 10 heteroatoms. The van der Waals surface area contributed by atoms with E-state index in [1.807, 2.05) is 5.32 Å². The van der Waals surface area contributed by atoms with Crippen molar-refractivity contribution in [1.29, 1.82) is 0 Å². The van der Waals surface area contributed by atoms with E-state index >= 15 is 0 Å². The fourth-order valence-corrected chi connectivity index (χ4v) is 2.59. The minimum Gasteiger partial charge on any atom is -0.463 e. The predicted octanol–water partition coefficient (Wildman–Crippen LogP) is 3.82. The van der Waals surface area contributed by atoms with Gasteiger partial charge in [-0.3, -0.25) is 10.1 Å². The van der Waals surface area contributed by atoms with Crippen LogP contribution in [0.2, 0.25) is 5.02 Å². The van der Waals surface area contributed by atoms with Gasteiger partial charge in [0.2, 0.25) is 0 Å². The maximum absolute atomic E-state index is 14.0. The van der Waals surface area contributed by atoms with Gasteiger partial charge >= 0.3 is 12.1 Å². The van der Waals surface area contributed by atoms with Crippen LogP contribution in [0.25, 0.3) is 0 Å². The van der Waals surface area contributed by atoms with Crippen LogP contribution in [0.15, 0.2) is 48.5 Å². The number of halogens is 5. The first kappa shape index (κ1) is 22.6. The van der Waals surface area contributed by atoms with Crippen molar-refractivity contribution in [3.05, 3.63) is 70.5 Å². The van der Waals surface area contributed by atoms with Gasteiger partial charge in [-0.2, -0.15) is 13.2 Å². The smallest absolute Gasteiger partial charge is 0.436 e. The van der Waals surface area contributed by atoms with Crippen molar-refractivity contribution in [1.82, 2.24) is 10.6 Å². The number of nitrogens with one attached hydrogen (secondary N) is 2. The fraction of sp³-hybridized carbons (Fsp3) is 0.263. The summed E-state index contributed by atoms with van der Waals surface area (Å²) >= 11 is 5.78. The predicted molar refractivity (Wildman–Crippen MR) is 97.6 cm³/mol. The van der Waals surface area contributed by atoms with Crippen LogP contribution in [0.5, 0.6) is 0 Å². The van der Waals surface area contributed by atoms with Gasteiger partial charge in [-0.25, -0.2) is 9.18 Å². The van der Waals surface area contributed by atoms with Gasteiger partial charge in [0.05, 0.1) is 6.61 Å². The highest BCUT2D eigenvalue weighted by Crippen LogP contribution is 2.31. The van der Waals surface area contributed by atoms with Crippen molar-refractivity contribution in [2.75, 3.05) is 6.61 Å². The Kier molecular flexibility index (Phi) is 7.21. The van der Waals surface area contributed by atoms with E-state index < -0.39 is 36.1 Å². The molecule has 0 bridgehead atoms. The number of hydrogen-bond acceptors (Lipinski definition) is 4. The Labute approximate surface area is 169 Å². The Morgan fingerprint density at radius 2 is 1.76 bits per heavy atom. The maximum Gasteiger partial charge on any atom is 0.436 e. The second kappa shape index (κ2) is 9.23. The Hall–Kier alpha value is -2.65. The van der Waals surface area contributed by atoms with Gasteiger partial charge in [0.1, 0.15) is 5.82 Å². The summed E-state index contributed by atoms with van der Waals surface area (Å²) in [6, 6.07) is 9.82. The molecule has 0 fully saturated rings. The number of amides is 1. The molecule has 156 valence electrons. The molecule has 2 rings (SSSR count). The number of carbonyl (C=O) groups excluding carboxylic acids is 2. The van der Waals surface area contributed by atoms with Crippen molar-refractivity contribution < 1.29 is 31.9 Å². The number of alkyl halides is 3. The van der Waals surface area contributed by atoms with Gasteiger partial charge < -0.3 is 10.1 Å². The van der Waals surface area contributed by atoms with Gasteiger partial charge in [-0.05, 0) is 42.8 Å². The molecule has 0 heterocycles. The molecule has 0 saturated carbocycles. The van der Waals surface area contributed by atoms with Crippen molar-refractivity contribution in [2.45, 2.75) is 25.3 Å². The summed E-state index contributed by atoms with van der Waals surface area (Å²) in [6.07, 6.45) is -5.26. The van der Waals surface area contributed by atoms with Gasteiger partial charge in [0.25, 0.3) is 11.6 Å². The third-order valence-electron chi connectivity index (χ3n) is 3.87. The summed E-state index contributed by atoms with van der Waals surface area (Å²) in [5.41, 5.74) is -3.46. The number of esters is 1. The highest BCUT2D eigenvalue weighted by atomic mass is 35.5. The van der Waals surface area contributed by atoms with Crippen LogP contribution in [-0.2, 0) is 16.1 Å². The average Bonchev–Trinajstić information content (AvgIpc) is 2.65. The summed E-state index contributed by atoms with van der Waals surface area (Å²) < 4.78 is 59.6. The Morgan fingerprint density at radius 1 is 1.10 bits per heavy atom. The largest absolute Gasteiger partial charge is 0.463 e. The summed E-state index contributed by atoms with van der Waals surface area (Å²) in [6.45, 7) is 0.480. The number of carbonyl (C=O) groups is 2. The molecule has 5 nitrogen and oxygen atoms in total. The first-order valence-corrected chi connectivity index (χ1v) is 8.78. The van der Waals surface area contributed by atoms with Crippen LogP contribution in [0.1, 0.15) is 22.8 Å². The van der Waals surface area contributed by atoms with E-state index in [9.17, 15) is 27.2 Å². The molecule has 0 aliphatic heterocycles. The van der Waals surface area contributed by atoms with Crippen LogP contribution in [0.3, 0.4) is 0 Å². The normalized spacial score (nSPS) is 13.4. The van der Waals surface area contributed by atoms with Crippen LogP contribution >= 0.6 is 11.6 Å². The number of rotatable bonds is 7. The summed E-state index contributed by atoms with van der Waals surface area (Å²) in [7, 11) is 0. The van der Waals surface area contributed by atoms with Crippen LogP contribution in [0.4, 0.5) is 17.6 Å². The Bertz CT molecular complexity index is 875. The van der Waals surface area contributed by atoms with E-state index in [2.05, 4.69) is 4.74 Å². The zero-order valence-electron chi connectivity index (χ0n) is 15.1. The molecule has 2 aromatic carbocycles. The lowest BCUT2D eigenvalue weighted by molar-refractivity contribution is -0.219. The third-order valence-corrected chi connectivity index (χ3v) is 4.10. The van der Waals surface area contributed by atoms with Gasteiger partial charge in [0, 0.05) is 17.1 Å². The lowest BCUT2D eigenvalue weighted by Gasteiger charge is -2.35. The fourth-order valence-electron chi connectivity index (χ4n) is 2.40. The maximum atomic E-state index is 14.0. The molecule has 2 aromatic rings.